The molecule has 0 bridgehead atoms. The first-order chi connectivity index (χ1) is 8.54. The minimum atomic E-state index is 0.333. The van der Waals surface area contributed by atoms with Crippen molar-refractivity contribution in [1.82, 2.24) is 0 Å². The zero-order valence-corrected chi connectivity index (χ0v) is 12.1. The van der Waals surface area contributed by atoms with Gasteiger partial charge in [0.05, 0.1) is 0 Å². The maximum Gasteiger partial charge on any atom is 0.120 e. The van der Waals surface area contributed by atoms with Crippen LogP contribution in [0, 0.1) is 13.8 Å². The second-order valence-corrected chi connectivity index (χ2v) is 5.42. The summed E-state index contributed by atoms with van der Waals surface area (Å²) < 4.78 is 1.05. The van der Waals surface area contributed by atoms with Gasteiger partial charge < -0.3 is 10.4 Å². The molecule has 3 heteroatoms. The number of hydrogen-bond acceptors (Lipinski definition) is 2. The zero-order valence-electron chi connectivity index (χ0n) is 10.5. The van der Waals surface area contributed by atoms with Gasteiger partial charge in [0.1, 0.15) is 5.75 Å². The molecule has 2 N–H and O–H groups in total. The first-order valence-corrected chi connectivity index (χ1v) is 6.63. The second-order valence-electron chi connectivity index (χ2n) is 4.50. The van der Waals surface area contributed by atoms with Gasteiger partial charge in [-0.15, -0.1) is 0 Å². The molecule has 2 rings (SSSR count). The number of phenols is 1. The third-order valence-corrected chi connectivity index (χ3v) is 3.22. The SMILES string of the molecule is Cc1cc(Br)cc(NCc2cc(C)ccc2O)c1. The quantitative estimate of drug-likeness (QED) is 0.882. The van der Waals surface area contributed by atoms with Gasteiger partial charge in [0.2, 0.25) is 0 Å². The molecule has 0 aliphatic rings. The summed E-state index contributed by atoms with van der Waals surface area (Å²) in [6.07, 6.45) is 0. The smallest absolute Gasteiger partial charge is 0.120 e. The van der Waals surface area contributed by atoms with Crippen LogP contribution in [-0.4, -0.2) is 5.11 Å². The number of aromatic hydroxyl groups is 1. The minimum Gasteiger partial charge on any atom is -0.508 e. The van der Waals surface area contributed by atoms with E-state index in [0.717, 1.165) is 21.3 Å². The summed E-state index contributed by atoms with van der Waals surface area (Å²) >= 11 is 3.48. The largest absolute Gasteiger partial charge is 0.508 e. The number of benzene rings is 2. The van der Waals surface area contributed by atoms with Crippen molar-refractivity contribution in [3.63, 3.8) is 0 Å². The predicted molar refractivity (Wildman–Crippen MR) is 79.0 cm³/mol. The third kappa shape index (κ3) is 3.26. The molecule has 94 valence electrons. The molecule has 0 radical (unpaired) electrons. The molecular weight excluding hydrogens is 290 g/mol. The predicted octanol–water partition coefficient (Wildman–Crippen LogP) is 4.38. The topological polar surface area (TPSA) is 32.3 Å². The zero-order chi connectivity index (χ0) is 13.1. The standard InChI is InChI=1S/C15H16BrNO/c1-10-3-4-15(18)12(5-10)9-17-14-7-11(2)6-13(16)8-14/h3-8,17-18H,9H2,1-2H3. The number of rotatable bonds is 3. The third-order valence-electron chi connectivity index (χ3n) is 2.76. The first-order valence-electron chi connectivity index (χ1n) is 5.84. The fourth-order valence-electron chi connectivity index (χ4n) is 1.89. The fraction of sp³-hybridized carbons (Fsp3) is 0.200. The number of nitrogens with one attached hydrogen (secondary N) is 1. The summed E-state index contributed by atoms with van der Waals surface area (Å²) in [7, 11) is 0. The lowest BCUT2D eigenvalue weighted by molar-refractivity contribution is 0.469. The molecule has 0 saturated carbocycles. The lowest BCUT2D eigenvalue weighted by Crippen LogP contribution is -2.00. The maximum absolute atomic E-state index is 9.77. The van der Waals surface area contributed by atoms with Crippen LogP contribution in [0.5, 0.6) is 5.75 Å². The van der Waals surface area contributed by atoms with E-state index in [0.29, 0.717) is 12.3 Å². The average Bonchev–Trinajstić information content (AvgIpc) is 2.29. The molecule has 0 saturated heterocycles. The van der Waals surface area contributed by atoms with Crippen LogP contribution < -0.4 is 5.32 Å². The van der Waals surface area contributed by atoms with E-state index in [1.54, 1.807) is 6.07 Å². The van der Waals surface area contributed by atoms with Gasteiger partial charge in [-0.1, -0.05) is 33.6 Å². The van der Waals surface area contributed by atoms with E-state index in [1.807, 2.05) is 25.1 Å². The Labute approximate surface area is 116 Å². The summed E-state index contributed by atoms with van der Waals surface area (Å²) in [4.78, 5) is 0. The van der Waals surface area contributed by atoms with E-state index >= 15 is 0 Å². The van der Waals surface area contributed by atoms with E-state index in [1.165, 1.54) is 5.56 Å². The summed E-state index contributed by atoms with van der Waals surface area (Å²) in [5.74, 6) is 0.333. The molecule has 0 aliphatic carbocycles. The Bertz CT molecular complexity index is 546. The summed E-state index contributed by atoms with van der Waals surface area (Å²) in [5.41, 5.74) is 4.30. The Kier molecular flexibility index (Phi) is 3.92. The second kappa shape index (κ2) is 5.44. The molecule has 0 spiro atoms. The van der Waals surface area contributed by atoms with Crippen molar-refractivity contribution < 1.29 is 5.11 Å². The molecule has 0 atom stereocenters. The Morgan fingerprint density at radius 1 is 1.06 bits per heavy atom. The molecule has 0 aliphatic heterocycles. The Hall–Kier alpha value is -1.48. The van der Waals surface area contributed by atoms with Crippen molar-refractivity contribution in [2.45, 2.75) is 20.4 Å². The normalized spacial score (nSPS) is 10.4. The Morgan fingerprint density at radius 2 is 1.83 bits per heavy atom. The highest BCUT2D eigenvalue weighted by molar-refractivity contribution is 9.10. The van der Waals surface area contributed by atoms with Crippen LogP contribution in [0.4, 0.5) is 5.69 Å². The van der Waals surface area contributed by atoms with Crippen LogP contribution >= 0.6 is 15.9 Å². The Balaban J connectivity index is 2.13. The van der Waals surface area contributed by atoms with E-state index in [4.69, 9.17) is 0 Å². The van der Waals surface area contributed by atoms with Crippen LogP contribution in [0.15, 0.2) is 40.9 Å². The van der Waals surface area contributed by atoms with E-state index < -0.39 is 0 Å². The monoisotopic (exact) mass is 305 g/mol. The van der Waals surface area contributed by atoms with Crippen LogP contribution in [-0.2, 0) is 6.54 Å². The van der Waals surface area contributed by atoms with E-state index in [-0.39, 0.29) is 0 Å². The van der Waals surface area contributed by atoms with Gasteiger partial charge in [-0.05, 0) is 43.7 Å². The Morgan fingerprint density at radius 3 is 2.56 bits per heavy atom. The van der Waals surface area contributed by atoms with Gasteiger partial charge in [0, 0.05) is 22.3 Å². The molecule has 0 fully saturated rings. The average molecular weight is 306 g/mol. The van der Waals surface area contributed by atoms with Gasteiger partial charge >= 0.3 is 0 Å². The van der Waals surface area contributed by atoms with Crippen molar-refractivity contribution in [3.8, 4) is 5.75 Å². The van der Waals surface area contributed by atoms with Gasteiger partial charge in [0.25, 0.3) is 0 Å². The molecule has 18 heavy (non-hydrogen) atoms. The molecule has 2 nitrogen and oxygen atoms in total. The van der Waals surface area contributed by atoms with Gasteiger partial charge in [-0.3, -0.25) is 0 Å². The molecule has 0 amide bonds. The maximum atomic E-state index is 9.77. The minimum absolute atomic E-state index is 0.333. The number of anilines is 1. The lowest BCUT2D eigenvalue weighted by atomic mass is 10.1. The number of aryl methyl sites for hydroxylation is 2. The van der Waals surface area contributed by atoms with Crippen molar-refractivity contribution in [1.29, 1.82) is 0 Å². The molecule has 0 unspecified atom stereocenters. The van der Waals surface area contributed by atoms with Crippen LogP contribution in [0.2, 0.25) is 0 Å². The highest BCUT2D eigenvalue weighted by Crippen LogP contribution is 2.22. The van der Waals surface area contributed by atoms with Crippen LogP contribution in [0.3, 0.4) is 0 Å². The molecule has 0 heterocycles. The summed E-state index contributed by atoms with van der Waals surface area (Å²) in [6, 6.07) is 11.8. The number of halogens is 1. The molecule has 2 aromatic carbocycles. The highest BCUT2D eigenvalue weighted by atomic mass is 79.9. The molecule has 0 aromatic heterocycles. The fourth-order valence-corrected chi connectivity index (χ4v) is 2.50. The number of phenolic OH excluding ortho intramolecular Hbond substituents is 1. The first kappa shape index (κ1) is 13.0. The van der Waals surface area contributed by atoms with Gasteiger partial charge in [-0.2, -0.15) is 0 Å². The van der Waals surface area contributed by atoms with E-state index in [2.05, 4.69) is 40.3 Å². The highest BCUT2D eigenvalue weighted by Gasteiger charge is 2.02. The van der Waals surface area contributed by atoms with Crippen LogP contribution in [0.1, 0.15) is 16.7 Å². The van der Waals surface area contributed by atoms with Crippen molar-refractivity contribution >= 4 is 21.6 Å². The molecular formula is C15H16BrNO. The van der Waals surface area contributed by atoms with Crippen molar-refractivity contribution in [3.05, 3.63) is 57.6 Å². The molecule has 2 aromatic rings. The van der Waals surface area contributed by atoms with Crippen molar-refractivity contribution in [2.24, 2.45) is 0 Å². The van der Waals surface area contributed by atoms with E-state index in [9.17, 15) is 5.11 Å². The van der Waals surface area contributed by atoms with Gasteiger partial charge in [0.15, 0.2) is 0 Å². The lowest BCUT2D eigenvalue weighted by Gasteiger charge is -2.10. The number of hydrogen-bond donors (Lipinski definition) is 2. The summed E-state index contributed by atoms with van der Waals surface area (Å²) in [6.45, 7) is 4.69. The van der Waals surface area contributed by atoms with Crippen LogP contribution in [0.25, 0.3) is 0 Å². The van der Waals surface area contributed by atoms with Crippen molar-refractivity contribution in [2.75, 3.05) is 5.32 Å². The van der Waals surface area contributed by atoms with Gasteiger partial charge in [-0.25, -0.2) is 0 Å². The summed E-state index contributed by atoms with van der Waals surface area (Å²) in [5, 5.41) is 13.1.